The van der Waals surface area contributed by atoms with E-state index in [1.807, 2.05) is 18.2 Å². The van der Waals surface area contributed by atoms with Crippen molar-refractivity contribution in [1.29, 1.82) is 0 Å². The van der Waals surface area contributed by atoms with Crippen molar-refractivity contribution in [1.82, 2.24) is 5.32 Å². The number of benzene rings is 1. The first-order valence-electron chi connectivity index (χ1n) is 4.82. The lowest BCUT2D eigenvalue weighted by Crippen LogP contribution is -2.18. The SMILES string of the molecule is CC(=O)NCc1cccc(C=CC(=O)O)c1. The van der Waals surface area contributed by atoms with Crippen LogP contribution in [0.3, 0.4) is 0 Å². The minimum Gasteiger partial charge on any atom is -0.478 e. The molecule has 0 saturated carbocycles. The minimum atomic E-state index is -0.979. The van der Waals surface area contributed by atoms with Gasteiger partial charge in [0.25, 0.3) is 0 Å². The van der Waals surface area contributed by atoms with Crippen molar-refractivity contribution < 1.29 is 14.7 Å². The van der Waals surface area contributed by atoms with E-state index in [4.69, 9.17) is 5.11 Å². The molecule has 0 saturated heterocycles. The van der Waals surface area contributed by atoms with Gasteiger partial charge in [0, 0.05) is 19.5 Å². The normalized spacial score (nSPS) is 10.3. The van der Waals surface area contributed by atoms with Crippen LogP contribution in [0.4, 0.5) is 0 Å². The molecule has 0 bridgehead atoms. The number of carboxylic acids is 1. The van der Waals surface area contributed by atoms with Crippen LogP contribution in [0, 0.1) is 0 Å². The van der Waals surface area contributed by atoms with Crippen molar-refractivity contribution in [3.63, 3.8) is 0 Å². The quantitative estimate of drug-likeness (QED) is 0.752. The number of carbonyl (C=O) groups is 2. The van der Waals surface area contributed by atoms with E-state index in [2.05, 4.69) is 5.32 Å². The van der Waals surface area contributed by atoms with Gasteiger partial charge in [0.2, 0.25) is 5.91 Å². The monoisotopic (exact) mass is 219 g/mol. The highest BCUT2D eigenvalue weighted by Gasteiger charge is 1.96. The van der Waals surface area contributed by atoms with Crippen LogP contribution in [0.15, 0.2) is 30.3 Å². The van der Waals surface area contributed by atoms with E-state index in [9.17, 15) is 9.59 Å². The lowest BCUT2D eigenvalue weighted by molar-refractivity contribution is -0.131. The second-order valence-electron chi connectivity index (χ2n) is 3.33. The third-order valence-electron chi connectivity index (χ3n) is 1.91. The fourth-order valence-electron chi connectivity index (χ4n) is 1.20. The zero-order chi connectivity index (χ0) is 12.0. The number of hydrogen-bond donors (Lipinski definition) is 2. The second kappa shape index (κ2) is 5.70. The molecule has 0 aliphatic heterocycles. The number of rotatable bonds is 4. The number of nitrogens with one attached hydrogen (secondary N) is 1. The molecule has 0 aliphatic carbocycles. The second-order valence-corrected chi connectivity index (χ2v) is 3.33. The molecule has 4 nitrogen and oxygen atoms in total. The predicted octanol–water partition coefficient (Wildman–Crippen LogP) is 1.42. The molecule has 0 aromatic heterocycles. The first kappa shape index (κ1) is 12.0. The molecular formula is C12H13NO3. The molecule has 0 spiro atoms. The van der Waals surface area contributed by atoms with Crippen LogP contribution in [0.1, 0.15) is 18.1 Å². The fraction of sp³-hybridized carbons (Fsp3) is 0.167. The molecular weight excluding hydrogens is 206 g/mol. The first-order valence-corrected chi connectivity index (χ1v) is 4.82. The van der Waals surface area contributed by atoms with E-state index in [-0.39, 0.29) is 5.91 Å². The Balaban J connectivity index is 2.71. The van der Waals surface area contributed by atoms with Gasteiger partial charge in [-0.2, -0.15) is 0 Å². The van der Waals surface area contributed by atoms with Crippen LogP contribution in [-0.4, -0.2) is 17.0 Å². The average molecular weight is 219 g/mol. The Labute approximate surface area is 93.6 Å². The van der Waals surface area contributed by atoms with Crippen molar-refractivity contribution in [2.75, 3.05) is 0 Å². The smallest absolute Gasteiger partial charge is 0.328 e. The fourth-order valence-corrected chi connectivity index (χ4v) is 1.20. The summed E-state index contributed by atoms with van der Waals surface area (Å²) in [5.74, 6) is -1.07. The van der Waals surface area contributed by atoms with E-state index in [1.54, 1.807) is 6.07 Å². The molecule has 1 amide bonds. The van der Waals surface area contributed by atoms with Crippen LogP contribution in [-0.2, 0) is 16.1 Å². The molecule has 2 N–H and O–H groups in total. The number of amides is 1. The van der Waals surface area contributed by atoms with Crippen molar-refractivity contribution in [2.24, 2.45) is 0 Å². The largest absolute Gasteiger partial charge is 0.478 e. The van der Waals surface area contributed by atoms with E-state index < -0.39 is 5.97 Å². The van der Waals surface area contributed by atoms with E-state index in [0.717, 1.165) is 17.2 Å². The van der Waals surface area contributed by atoms with E-state index >= 15 is 0 Å². The van der Waals surface area contributed by atoms with Gasteiger partial charge >= 0.3 is 5.97 Å². The standard InChI is InChI=1S/C12H13NO3/c1-9(14)13-8-11-4-2-3-10(7-11)5-6-12(15)16/h2-7H,8H2,1H3,(H,13,14)(H,15,16). The highest BCUT2D eigenvalue weighted by atomic mass is 16.4. The molecule has 1 aromatic carbocycles. The summed E-state index contributed by atoms with van der Waals surface area (Å²) in [7, 11) is 0. The summed E-state index contributed by atoms with van der Waals surface area (Å²) in [5, 5.41) is 11.2. The molecule has 84 valence electrons. The van der Waals surface area contributed by atoms with Gasteiger partial charge in [-0.15, -0.1) is 0 Å². The molecule has 0 heterocycles. The van der Waals surface area contributed by atoms with E-state index in [0.29, 0.717) is 6.54 Å². The van der Waals surface area contributed by atoms with Gasteiger partial charge in [-0.25, -0.2) is 4.79 Å². The maximum absolute atomic E-state index is 10.7. The molecule has 1 rings (SSSR count). The maximum Gasteiger partial charge on any atom is 0.328 e. The third-order valence-corrected chi connectivity index (χ3v) is 1.91. The van der Waals surface area contributed by atoms with Crippen LogP contribution in [0.5, 0.6) is 0 Å². The molecule has 0 radical (unpaired) electrons. The average Bonchev–Trinajstić information content (AvgIpc) is 2.24. The summed E-state index contributed by atoms with van der Waals surface area (Å²) in [6, 6.07) is 7.32. The van der Waals surface area contributed by atoms with Crippen molar-refractivity contribution in [2.45, 2.75) is 13.5 Å². The van der Waals surface area contributed by atoms with Crippen LogP contribution < -0.4 is 5.32 Å². The molecule has 1 aromatic rings. The topological polar surface area (TPSA) is 66.4 Å². The van der Waals surface area contributed by atoms with Gasteiger partial charge in [-0.1, -0.05) is 18.2 Å². The first-order chi connectivity index (χ1) is 7.58. The Hall–Kier alpha value is -2.10. The Morgan fingerprint density at radius 1 is 1.44 bits per heavy atom. The molecule has 4 heteroatoms. The Morgan fingerprint density at radius 3 is 2.81 bits per heavy atom. The van der Waals surface area contributed by atoms with Crippen molar-refractivity contribution in [3.8, 4) is 0 Å². The third kappa shape index (κ3) is 4.41. The van der Waals surface area contributed by atoms with Gasteiger partial charge in [0.05, 0.1) is 0 Å². The van der Waals surface area contributed by atoms with Gasteiger partial charge in [-0.3, -0.25) is 4.79 Å². The summed E-state index contributed by atoms with van der Waals surface area (Å²) in [6.45, 7) is 1.90. The lowest BCUT2D eigenvalue weighted by atomic mass is 10.1. The number of carboxylic acid groups (broad SMARTS) is 1. The molecule has 0 aliphatic rings. The molecule has 0 unspecified atom stereocenters. The molecule has 16 heavy (non-hydrogen) atoms. The Kier molecular flexibility index (Phi) is 4.27. The van der Waals surface area contributed by atoms with Crippen molar-refractivity contribution >= 4 is 18.0 Å². The van der Waals surface area contributed by atoms with Crippen molar-refractivity contribution in [3.05, 3.63) is 41.5 Å². The summed E-state index contributed by atoms with van der Waals surface area (Å²) >= 11 is 0. The zero-order valence-corrected chi connectivity index (χ0v) is 8.93. The van der Waals surface area contributed by atoms with Crippen LogP contribution in [0.25, 0.3) is 6.08 Å². The number of aliphatic carboxylic acids is 1. The summed E-state index contributed by atoms with van der Waals surface area (Å²) < 4.78 is 0. The van der Waals surface area contributed by atoms with Gasteiger partial charge in [-0.05, 0) is 23.3 Å². The Bertz CT molecular complexity index is 424. The predicted molar refractivity (Wildman–Crippen MR) is 60.6 cm³/mol. The van der Waals surface area contributed by atoms with Crippen LogP contribution >= 0.6 is 0 Å². The maximum atomic E-state index is 10.7. The summed E-state index contributed by atoms with van der Waals surface area (Å²) in [4.78, 5) is 21.0. The minimum absolute atomic E-state index is 0.0912. The molecule has 0 fully saturated rings. The zero-order valence-electron chi connectivity index (χ0n) is 8.93. The number of carbonyl (C=O) groups excluding carboxylic acids is 1. The Morgan fingerprint density at radius 2 is 2.19 bits per heavy atom. The number of hydrogen-bond acceptors (Lipinski definition) is 2. The lowest BCUT2D eigenvalue weighted by Gasteiger charge is -2.03. The van der Waals surface area contributed by atoms with E-state index in [1.165, 1.54) is 13.0 Å². The highest BCUT2D eigenvalue weighted by Crippen LogP contribution is 2.06. The summed E-state index contributed by atoms with van der Waals surface area (Å²) in [5.41, 5.74) is 1.73. The summed E-state index contributed by atoms with van der Waals surface area (Å²) in [6.07, 6.45) is 2.59. The van der Waals surface area contributed by atoms with Crippen LogP contribution in [0.2, 0.25) is 0 Å². The van der Waals surface area contributed by atoms with Gasteiger partial charge in [0.15, 0.2) is 0 Å². The van der Waals surface area contributed by atoms with Gasteiger partial charge < -0.3 is 10.4 Å². The highest BCUT2D eigenvalue weighted by molar-refractivity contribution is 5.85. The molecule has 0 atom stereocenters. The van der Waals surface area contributed by atoms with Gasteiger partial charge in [0.1, 0.15) is 0 Å².